The van der Waals surface area contributed by atoms with Crippen LogP contribution >= 0.6 is 0 Å². The Kier molecular flexibility index (Phi) is 4.33. The highest BCUT2D eigenvalue weighted by atomic mass is 16.5. The maximum absolute atomic E-state index is 10.7. The van der Waals surface area contributed by atoms with E-state index in [1.807, 2.05) is 43.3 Å². The van der Waals surface area contributed by atoms with Gasteiger partial charge in [0, 0.05) is 0 Å². The number of hydrogen-bond donors (Lipinski definition) is 1. The third kappa shape index (κ3) is 3.61. The Hall–Kier alpha value is -2.03. The highest BCUT2D eigenvalue weighted by Crippen LogP contribution is 2.09. The first kappa shape index (κ1) is 12.0. The van der Waals surface area contributed by atoms with Gasteiger partial charge in [-0.1, -0.05) is 36.4 Å². The van der Waals surface area contributed by atoms with E-state index in [1.165, 1.54) is 13.2 Å². The molecular weight excluding hydrogens is 204 g/mol. The van der Waals surface area contributed by atoms with Crippen LogP contribution in [-0.2, 0) is 9.53 Å². The zero-order chi connectivity index (χ0) is 12.0. The van der Waals surface area contributed by atoms with E-state index in [0.717, 1.165) is 11.1 Å². The second kappa shape index (κ2) is 5.75. The Morgan fingerprint density at radius 2 is 1.94 bits per heavy atom. The smallest absolute Gasteiger partial charge is 0.371 e. The monoisotopic (exact) mass is 218 g/mol. The summed E-state index contributed by atoms with van der Waals surface area (Å²) in [4.78, 5) is 10.7. The van der Waals surface area contributed by atoms with Crippen molar-refractivity contribution >= 4 is 12.0 Å². The van der Waals surface area contributed by atoms with Crippen molar-refractivity contribution in [1.82, 2.24) is 0 Å². The minimum Gasteiger partial charge on any atom is -0.490 e. The molecule has 16 heavy (non-hydrogen) atoms. The van der Waals surface area contributed by atoms with Crippen LogP contribution in [0.1, 0.15) is 12.5 Å². The van der Waals surface area contributed by atoms with Crippen molar-refractivity contribution in [2.45, 2.75) is 6.92 Å². The Balaban J connectivity index is 2.90. The molecule has 0 heterocycles. The van der Waals surface area contributed by atoms with Gasteiger partial charge in [-0.05, 0) is 24.1 Å². The fourth-order valence-corrected chi connectivity index (χ4v) is 1.27. The molecule has 0 atom stereocenters. The lowest BCUT2D eigenvalue weighted by molar-refractivity contribution is -0.136. The second-order valence-electron chi connectivity index (χ2n) is 3.32. The summed E-state index contributed by atoms with van der Waals surface area (Å²) in [6.07, 6.45) is 3.39. The third-order valence-electron chi connectivity index (χ3n) is 1.98. The Morgan fingerprint density at radius 1 is 1.31 bits per heavy atom. The average Bonchev–Trinajstić information content (AvgIpc) is 2.27. The van der Waals surface area contributed by atoms with Gasteiger partial charge in [0.25, 0.3) is 0 Å². The molecular formula is C13H14O3. The van der Waals surface area contributed by atoms with Crippen molar-refractivity contribution in [3.8, 4) is 0 Å². The Labute approximate surface area is 94.7 Å². The van der Waals surface area contributed by atoms with E-state index in [2.05, 4.69) is 0 Å². The fourth-order valence-electron chi connectivity index (χ4n) is 1.27. The highest BCUT2D eigenvalue weighted by molar-refractivity contribution is 5.85. The van der Waals surface area contributed by atoms with Crippen LogP contribution in [0.3, 0.4) is 0 Å². The fraction of sp³-hybridized carbons (Fsp3) is 0.154. The molecule has 3 nitrogen and oxygen atoms in total. The highest BCUT2D eigenvalue weighted by Gasteiger charge is 2.05. The van der Waals surface area contributed by atoms with Crippen molar-refractivity contribution in [2.75, 3.05) is 7.11 Å². The Morgan fingerprint density at radius 3 is 2.44 bits per heavy atom. The number of allylic oxidation sites excluding steroid dienone is 2. The van der Waals surface area contributed by atoms with E-state index in [0.29, 0.717) is 0 Å². The largest absolute Gasteiger partial charge is 0.490 e. The van der Waals surface area contributed by atoms with Crippen molar-refractivity contribution < 1.29 is 14.6 Å². The van der Waals surface area contributed by atoms with Gasteiger partial charge in [-0.2, -0.15) is 0 Å². The molecule has 0 saturated carbocycles. The predicted molar refractivity (Wildman–Crippen MR) is 62.8 cm³/mol. The van der Waals surface area contributed by atoms with Gasteiger partial charge < -0.3 is 9.84 Å². The van der Waals surface area contributed by atoms with Crippen LogP contribution in [0.2, 0.25) is 0 Å². The van der Waals surface area contributed by atoms with Crippen molar-refractivity contribution in [1.29, 1.82) is 0 Å². The first-order chi connectivity index (χ1) is 7.63. The van der Waals surface area contributed by atoms with Crippen molar-refractivity contribution in [3.63, 3.8) is 0 Å². The number of ether oxygens (including phenoxy) is 1. The maximum atomic E-state index is 10.7. The molecule has 1 N–H and O–H groups in total. The minimum absolute atomic E-state index is 0.0651. The van der Waals surface area contributed by atoms with Gasteiger partial charge in [-0.3, -0.25) is 0 Å². The molecule has 0 radical (unpaired) electrons. The topological polar surface area (TPSA) is 46.5 Å². The standard InChI is InChI=1S/C13H14O3/c1-10(9-12(16-2)13(14)15)8-11-6-4-3-5-7-11/h3-9H,1-2H3,(H,14,15). The molecule has 0 aliphatic rings. The van der Waals surface area contributed by atoms with Crippen LogP contribution in [-0.4, -0.2) is 18.2 Å². The molecule has 0 aliphatic heterocycles. The zero-order valence-electron chi connectivity index (χ0n) is 9.31. The Bertz CT molecular complexity index is 416. The SMILES string of the molecule is COC(=CC(C)=Cc1ccccc1)C(=O)O. The van der Waals surface area contributed by atoms with E-state index in [1.54, 1.807) is 0 Å². The molecule has 0 aromatic heterocycles. The van der Waals surface area contributed by atoms with Gasteiger partial charge >= 0.3 is 5.97 Å². The molecule has 0 bridgehead atoms. The van der Waals surface area contributed by atoms with Crippen LogP contribution in [0.4, 0.5) is 0 Å². The summed E-state index contributed by atoms with van der Waals surface area (Å²) in [6, 6.07) is 9.68. The summed E-state index contributed by atoms with van der Waals surface area (Å²) in [7, 11) is 1.34. The average molecular weight is 218 g/mol. The molecule has 3 heteroatoms. The molecule has 0 unspecified atom stereocenters. The minimum atomic E-state index is -1.07. The summed E-state index contributed by atoms with van der Waals surface area (Å²) in [6.45, 7) is 1.83. The lowest BCUT2D eigenvalue weighted by Gasteiger charge is -2.00. The van der Waals surface area contributed by atoms with Gasteiger partial charge in [0.1, 0.15) is 0 Å². The van der Waals surface area contributed by atoms with Crippen LogP contribution in [0.15, 0.2) is 47.7 Å². The number of methoxy groups -OCH3 is 1. The van der Waals surface area contributed by atoms with Gasteiger partial charge in [0.15, 0.2) is 0 Å². The van der Waals surface area contributed by atoms with E-state index >= 15 is 0 Å². The first-order valence-corrected chi connectivity index (χ1v) is 4.86. The summed E-state index contributed by atoms with van der Waals surface area (Å²) < 4.78 is 4.74. The maximum Gasteiger partial charge on any atom is 0.371 e. The lowest BCUT2D eigenvalue weighted by Crippen LogP contribution is -2.02. The summed E-state index contributed by atoms with van der Waals surface area (Å²) in [5.74, 6) is -1.13. The molecule has 1 aromatic carbocycles. The number of benzene rings is 1. The molecule has 84 valence electrons. The molecule has 1 rings (SSSR count). The van der Waals surface area contributed by atoms with E-state index in [9.17, 15) is 4.79 Å². The third-order valence-corrected chi connectivity index (χ3v) is 1.98. The number of carboxylic acid groups (broad SMARTS) is 1. The molecule has 0 fully saturated rings. The number of carboxylic acids is 1. The van der Waals surface area contributed by atoms with Crippen LogP contribution in [0.25, 0.3) is 6.08 Å². The van der Waals surface area contributed by atoms with Gasteiger partial charge in [-0.15, -0.1) is 0 Å². The molecule has 0 aliphatic carbocycles. The number of hydrogen-bond acceptors (Lipinski definition) is 2. The van der Waals surface area contributed by atoms with Crippen LogP contribution in [0, 0.1) is 0 Å². The molecule has 0 saturated heterocycles. The predicted octanol–water partition coefficient (Wildman–Crippen LogP) is 2.70. The van der Waals surface area contributed by atoms with Gasteiger partial charge in [0.2, 0.25) is 5.76 Å². The number of carbonyl (C=O) groups is 1. The van der Waals surface area contributed by atoms with E-state index < -0.39 is 5.97 Å². The van der Waals surface area contributed by atoms with Crippen LogP contribution in [0.5, 0.6) is 0 Å². The van der Waals surface area contributed by atoms with E-state index in [4.69, 9.17) is 9.84 Å². The first-order valence-electron chi connectivity index (χ1n) is 4.86. The summed E-state index contributed by atoms with van der Waals surface area (Å²) in [5, 5.41) is 8.77. The van der Waals surface area contributed by atoms with Gasteiger partial charge in [-0.25, -0.2) is 4.79 Å². The van der Waals surface area contributed by atoms with Crippen molar-refractivity contribution in [2.24, 2.45) is 0 Å². The lowest BCUT2D eigenvalue weighted by atomic mass is 10.1. The number of aliphatic carboxylic acids is 1. The molecule has 1 aromatic rings. The van der Waals surface area contributed by atoms with E-state index in [-0.39, 0.29) is 5.76 Å². The van der Waals surface area contributed by atoms with Crippen LogP contribution < -0.4 is 0 Å². The zero-order valence-corrected chi connectivity index (χ0v) is 9.31. The number of rotatable bonds is 4. The molecule has 0 amide bonds. The molecule has 0 spiro atoms. The quantitative estimate of drug-likeness (QED) is 0.480. The van der Waals surface area contributed by atoms with Crippen molar-refractivity contribution in [3.05, 3.63) is 53.3 Å². The van der Waals surface area contributed by atoms with Gasteiger partial charge in [0.05, 0.1) is 7.11 Å². The summed E-state index contributed by atoms with van der Waals surface area (Å²) >= 11 is 0. The second-order valence-corrected chi connectivity index (χ2v) is 3.32. The normalized spacial score (nSPS) is 12.4. The summed E-state index contributed by atoms with van der Waals surface area (Å²) in [5.41, 5.74) is 1.85.